The van der Waals surface area contributed by atoms with Gasteiger partial charge in [-0.05, 0) is 19.8 Å². The third-order valence-corrected chi connectivity index (χ3v) is 3.25. The zero-order chi connectivity index (χ0) is 14.8. The molecule has 0 aliphatic rings. The SMILES string of the molecule is CCCCCC(C)NC(=NC)NCc1cc(CC)no1.I. The maximum absolute atomic E-state index is 5.24. The molecule has 0 amide bonds. The van der Waals surface area contributed by atoms with Crippen LogP contribution in [0, 0.1) is 0 Å². The molecular formula is C15H29IN4O. The van der Waals surface area contributed by atoms with Crippen LogP contribution in [0.1, 0.15) is 57.9 Å². The summed E-state index contributed by atoms with van der Waals surface area (Å²) in [6.07, 6.45) is 5.85. The Morgan fingerprint density at radius 1 is 1.38 bits per heavy atom. The van der Waals surface area contributed by atoms with Crippen molar-refractivity contribution in [3.63, 3.8) is 0 Å². The Bertz CT molecular complexity index is 406. The summed E-state index contributed by atoms with van der Waals surface area (Å²) in [5.41, 5.74) is 0.984. The van der Waals surface area contributed by atoms with Gasteiger partial charge in [-0.15, -0.1) is 24.0 Å². The van der Waals surface area contributed by atoms with Crippen LogP contribution in [0.4, 0.5) is 0 Å². The van der Waals surface area contributed by atoms with Gasteiger partial charge >= 0.3 is 0 Å². The predicted octanol–water partition coefficient (Wildman–Crippen LogP) is 3.49. The number of nitrogens with zero attached hydrogens (tertiary/aromatic N) is 2. The Kier molecular flexibility index (Phi) is 11.4. The van der Waals surface area contributed by atoms with Crippen LogP contribution in [0.5, 0.6) is 0 Å². The lowest BCUT2D eigenvalue weighted by atomic mass is 10.1. The molecule has 0 bridgehead atoms. The third kappa shape index (κ3) is 8.28. The number of hydrogen-bond acceptors (Lipinski definition) is 3. The lowest BCUT2D eigenvalue weighted by molar-refractivity contribution is 0.374. The number of halogens is 1. The minimum absolute atomic E-state index is 0. The molecule has 0 saturated carbocycles. The van der Waals surface area contributed by atoms with E-state index in [0.29, 0.717) is 12.6 Å². The molecule has 0 aromatic carbocycles. The van der Waals surface area contributed by atoms with Gasteiger partial charge in [-0.1, -0.05) is 38.3 Å². The van der Waals surface area contributed by atoms with E-state index >= 15 is 0 Å². The summed E-state index contributed by atoms with van der Waals surface area (Å²) < 4.78 is 5.24. The summed E-state index contributed by atoms with van der Waals surface area (Å²) in [7, 11) is 1.78. The van der Waals surface area contributed by atoms with Crippen LogP contribution in [-0.2, 0) is 13.0 Å². The molecule has 5 nitrogen and oxygen atoms in total. The zero-order valence-electron chi connectivity index (χ0n) is 13.6. The normalized spacial score (nSPS) is 12.7. The molecule has 0 radical (unpaired) electrons. The van der Waals surface area contributed by atoms with Crippen LogP contribution in [0.3, 0.4) is 0 Å². The number of unbranched alkanes of at least 4 members (excludes halogenated alkanes) is 2. The van der Waals surface area contributed by atoms with Crippen LogP contribution in [0.2, 0.25) is 0 Å². The Morgan fingerprint density at radius 2 is 2.14 bits per heavy atom. The first-order valence-corrected chi connectivity index (χ1v) is 7.61. The van der Waals surface area contributed by atoms with Crippen molar-refractivity contribution in [2.45, 2.75) is 65.5 Å². The van der Waals surface area contributed by atoms with E-state index in [1.807, 2.05) is 6.07 Å². The largest absolute Gasteiger partial charge is 0.359 e. The maximum Gasteiger partial charge on any atom is 0.191 e. The molecule has 1 rings (SSSR count). The molecule has 1 aromatic heterocycles. The first-order valence-electron chi connectivity index (χ1n) is 7.61. The fourth-order valence-electron chi connectivity index (χ4n) is 1.98. The number of nitrogens with one attached hydrogen (secondary N) is 2. The van der Waals surface area contributed by atoms with Crippen LogP contribution >= 0.6 is 24.0 Å². The number of aromatic nitrogens is 1. The molecule has 0 spiro atoms. The van der Waals surface area contributed by atoms with Gasteiger partial charge in [0.25, 0.3) is 0 Å². The van der Waals surface area contributed by atoms with Crippen LogP contribution in [-0.4, -0.2) is 24.2 Å². The Balaban J connectivity index is 0.00000400. The molecule has 2 N–H and O–H groups in total. The van der Waals surface area contributed by atoms with Crippen molar-refractivity contribution in [2.75, 3.05) is 7.05 Å². The molecule has 0 aliphatic carbocycles. The molecule has 1 heterocycles. The molecule has 21 heavy (non-hydrogen) atoms. The highest BCUT2D eigenvalue weighted by molar-refractivity contribution is 14.0. The standard InChI is InChI=1S/C15H28N4O.HI/c1-5-7-8-9-12(3)18-15(16-4)17-11-14-10-13(6-2)19-20-14;/h10,12H,5-9,11H2,1-4H3,(H2,16,17,18);1H. The van der Waals surface area contributed by atoms with E-state index in [-0.39, 0.29) is 24.0 Å². The second-order valence-electron chi connectivity index (χ2n) is 5.11. The highest BCUT2D eigenvalue weighted by atomic mass is 127. The number of aliphatic imine (C=N–C) groups is 1. The second kappa shape index (κ2) is 11.8. The number of rotatable bonds is 8. The molecular weight excluding hydrogens is 379 g/mol. The van der Waals surface area contributed by atoms with Crippen molar-refractivity contribution in [1.29, 1.82) is 0 Å². The van der Waals surface area contributed by atoms with E-state index in [1.165, 1.54) is 19.3 Å². The Labute approximate surface area is 145 Å². The summed E-state index contributed by atoms with van der Waals surface area (Å²) in [6.45, 7) is 7.08. The van der Waals surface area contributed by atoms with Gasteiger partial charge in [0.2, 0.25) is 0 Å². The van der Waals surface area contributed by atoms with E-state index in [2.05, 4.69) is 41.6 Å². The predicted molar refractivity (Wildman–Crippen MR) is 98.2 cm³/mol. The van der Waals surface area contributed by atoms with Gasteiger partial charge < -0.3 is 15.2 Å². The minimum atomic E-state index is 0. The van der Waals surface area contributed by atoms with Gasteiger partial charge in [0, 0.05) is 19.2 Å². The molecule has 0 aliphatic heterocycles. The number of hydrogen-bond donors (Lipinski definition) is 2. The van der Waals surface area contributed by atoms with Crippen LogP contribution in [0.15, 0.2) is 15.6 Å². The number of aryl methyl sites for hydroxylation is 1. The average molecular weight is 408 g/mol. The van der Waals surface area contributed by atoms with Gasteiger partial charge in [0.05, 0.1) is 12.2 Å². The van der Waals surface area contributed by atoms with Crippen LogP contribution < -0.4 is 10.6 Å². The summed E-state index contributed by atoms with van der Waals surface area (Å²) >= 11 is 0. The van der Waals surface area contributed by atoms with Crippen molar-refractivity contribution < 1.29 is 4.52 Å². The third-order valence-electron chi connectivity index (χ3n) is 3.25. The maximum atomic E-state index is 5.24. The van der Waals surface area contributed by atoms with Gasteiger partial charge in [-0.3, -0.25) is 4.99 Å². The lowest BCUT2D eigenvalue weighted by Gasteiger charge is -2.17. The summed E-state index contributed by atoms with van der Waals surface area (Å²) in [6, 6.07) is 2.40. The first-order chi connectivity index (χ1) is 9.69. The van der Waals surface area contributed by atoms with E-state index in [4.69, 9.17) is 4.52 Å². The molecule has 0 fully saturated rings. The molecule has 1 atom stereocenters. The lowest BCUT2D eigenvalue weighted by Crippen LogP contribution is -2.41. The van der Waals surface area contributed by atoms with Gasteiger partial charge in [-0.2, -0.15) is 0 Å². The highest BCUT2D eigenvalue weighted by Crippen LogP contribution is 2.04. The molecule has 122 valence electrons. The van der Waals surface area contributed by atoms with Gasteiger partial charge in [0.1, 0.15) is 0 Å². The molecule has 0 saturated heterocycles. The Hall–Kier alpha value is -0.790. The monoisotopic (exact) mass is 408 g/mol. The summed E-state index contributed by atoms with van der Waals surface area (Å²) in [5, 5.41) is 10.6. The highest BCUT2D eigenvalue weighted by Gasteiger charge is 2.07. The molecule has 1 unspecified atom stereocenters. The topological polar surface area (TPSA) is 62.5 Å². The number of guanidine groups is 1. The van der Waals surface area contributed by atoms with E-state index in [0.717, 1.165) is 30.3 Å². The quantitative estimate of drug-likeness (QED) is 0.299. The van der Waals surface area contributed by atoms with Crippen molar-refractivity contribution in [3.05, 3.63) is 17.5 Å². The fourth-order valence-corrected chi connectivity index (χ4v) is 1.98. The second-order valence-corrected chi connectivity index (χ2v) is 5.11. The first kappa shape index (κ1) is 20.2. The zero-order valence-corrected chi connectivity index (χ0v) is 15.9. The van der Waals surface area contributed by atoms with Crippen molar-refractivity contribution in [2.24, 2.45) is 4.99 Å². The van der Waals surface area contributed by atoms with Crippen molar-refractivity contribution >= 4 is 29.9 Å². The summed E-state index contributed by atoms with van der Waals surface area (Å²) in [5.74, 6) is 1.65. The van der Waals surface area contributed by atoms with Crippen molar-refractivity contribution in [1.82, 2.24) is 15.8 Å². The van der Waals surface area contributed by atoms with Gasteiger partial charge in [-0.25, -0.2) is 0 Å². The molecule has 1 aromatic rings. The Morgan fingerprint density at radius 3 is 2.71 bits per heavy atom. The minimum Gasteiger partial charge on any atom is -0.359 e. The van der Waals surface area contributed by atoms with E-state index < -0.39 is 0 Å². The van der Waals surface area contributed by atoms with E-state index in [9.17, 15) is 0 Å². The summed E-state index contributed by atoms with van der Waals surface area (Å²) in [4.78, 5) is 4.23. The van der Waals surface area contributed by atoms with Gasteiger partial charge in [0.15, 0.2) is 11.7 Å². The van der Waals surface area contributed by atoms with Crippen LogP contribution in [0.25, 0.3) is 0 Å². The van der Waals surface area contributed by atoms with E-state index in [1.54, 1.807) is 7.05 Å². The smallest absolute Gasteiger partial charge is 0.191 e. The fraction of sp³-hybridized carbons (Fsp3) is 0.733. The average Bonchev–Trinajstić information content (AvgIpc) is 2.91. The van der Waals surface area contributed by atoms with Crippen molar-refractivity contribution in [3.8, 4) is 0 Å². The molecule has 6 heteroatoms.